The van der Waals surface area contributed by atoms with Gasteiger partial charge in [0, 0.05) is 25.7 Å². The number of carbonyl (C=O) groups is 2. The zero-order valence-electron chi connectivity index (χ0n) is 16.0. The molecule has 0 aliphatic carbocycles. The molecule has 0 aromatic carbocycles. The maximum atomic E-state index is 12.4. The lowest BCUT2D eigenvalue weighted by atomic mass is 9.92. The summed E-state index contributed by atoms with van der Waals surface area (Å²) in [5.74, 6) is 0.0291. The van der Waals surface area contributed by atoms with E-state index in [-0.39, 0.29) is 17.9 Å². The molecule has 2 atom stereocenters. The van der Waals surface area contributed by atoms with Crippen LogP contribution in [-0.2, 0) is 9.53 Å². The van der Waals surface area contributed by atoms with Crippen LogP contribution in [-0.4, -0.2) is 61.6 Å². The van der Waals surface area contributed by atoms with Crippen molar-refractivity contribution < 1.29 is 18.7 Å². The van der Waals surface area contributed by atoms with Gasteiger partial charge in [0.1, 0.15) is 12.3 Å². The van der Waals surface area contributed by atoms with Crippen LogP contribution in [0.2, 0.25) is 0 Å². The molecule has 1 aliphatic rings. The smallest absolute Gasteiger partial charge is 0.255 e. The number of carbonyl (C=O) groups excluding carboxylic acids is 2. The molecular weight excluding hydrogens is 334 g/mol. The molecule has 1 aliphatic heterocycles. The highest BCUT2D eigenvalue weighted by Crippen LogP contribution is 2.19. The average molecular weight is 365 g/mol. The van der Waals surface area contributed by atoms with Gasteiger partial charge in [0.05, 0.1) is 25.0 Å². The van der Waals surface area contributed by atoms with E-state index in [9.17, 15) is 9.59 Å². The largest absolute Gasteiger partial charge is 0.472 e. The van der Waals surface area contributed by atoms with Gasteiger partial charge < -0.3 is 19.8 Å². The number of morpholine rings is 1. The minimum Gasteiger partial charge on any atom is -0.472 e. The van der Waals surface area contributed by atoms with Crippen LogP contribution in [0.5, 0.6) is 0 Å². The molecule has 2 unspecified atom stereocenters. The SMILES string of the molecule is CCC(CC)C(CNC(=O)C(C)NC(=O)c1ccoc1)N1CCOCC1. The van der Waals surface area contributed by atoms with Crippen molar-refractivity contribution in [2.45, 2.75) is 45.7 Å². The lowest BCUT2D eigenvalue weighted by Crippen LogP contribution is -2.54. The quantitative estimate of drug-likeness (QED) is 0.695. The second-order valence-electron chi connectivity index (χ2n) is 6.74. The van der Waals surface area contributed by atoms with Gasteiger partial charge in [-0.15, -0.1) is 0 Å². The number of ether oxygens (including phenoxy) is 1. The predicted molar refractivity (Wildman–Crippen MR) is 98.9 cm³/mol. The molecule has 2 N–H and O–H groups in total. The Bertz CT molecular complexity index is 551. The first kappa shape index (κ1) is 20.5. The van der Waals surface area contributed by atoms with Crippen molar-refractivity contribution in [2.75, 3.05) is 32.8 Å². The third-order valence-corrected chi connectivity index (χ3v) is 5.12. The fourth-order valence-corrected chi connectivity index (χ4v) is 3.43. The summed E-state index contributed by atoms with van der Waals surface area (Å²) in [5.41, 5.74) is 0.410. The number of rotatable bonds is 9. The molecule has 2 heterocycles. The van der Waals surface area contributed by atoms with E-state index >= 15 is 0 Å². The van der Waals surface area contributed by atoms with Crippen molar-refractivity contribution in [3.8, 4) is 0 Å². The van der Waals surface area contributed by atoms with Crippen LogP contribution < -0.4 is 10.6 Å². The van der Waals surface area contributed by atoms with E-state index in [1.807, 2.05) is 0 Å². The summed E-state index contributed by atoms with van der Waals surface area (Å²) in [6, 6.07) is 1.25. The Labute approximate surface area is 155 Å². The van der Waals surface area contributed by atoms with Crippen LogP contribution in [0.1, 0.15) is 44.0 Å². The Hall–Kier alpha value is -1.86. The molecular formula is C19H31N3O4. The van der Waals surface area contributed by atoms with Gasteiger partial charge in [-0.05, 0) is 18.9 Å². The van der Waals surface area contributed by atoms with Gasteiger partial charge in [-0.2, -0.15) is 0 Å². The second-order valence-corrected chi connectivity index (χ2v) is 6.74. The molecule has 7 heteroatoms. The number of nitrogens with zero attached hydrogens (tertiary/aromatic N) is 1. The fourth-order valence-electron chi connectivity index (χ4n) is 3.43. The lowest BCUT2D eigenvalue weighted by Gasteiger charge is -2.39. The van der Waals surface area contributed by atoms with Crippen LogP contribution in [0.4, 0.5) is 0 Å². The second kappa shape index (κ2) is 10.3. The van der Waals surface area contributed by atoms with Crippen molar-refractivity contribution in [3.63, 3.8) is 0 Å². The van der Waals surface area contributed by atoms with Gasteiger partial charge in [-0.3, -0.25) is 14.5 Å². The normalized spacial score (nSPS) is 17.7. The Kier molecular flexibility index (Phi) is 8.12. The molecule has 1 aromatic rings. The maximum Gasteiger partial charge on any atom is 0.255 e. The van der Waals surface area contributed by atoms with Gasteiger partial charge >= 0.3 is 0 Å². The molecule has 0 spiro atoms. The predicted octanol–water partition coefficient (Wildman–Crippen LogP) is 1.65. The minimum absolute atomic E-state index is 0.175. The standard InChI is InChI=1S/C19H31N3O4/c1-4-15(5-2)17(22-7-10-25-11-8-22)12-20-18(23)14(3)21-19(24)16-6-9-26-13-16/h6,9,13-15,17H,4-5,7-8,10-12H2,1-3H3,(H,20,23)(H,21,24). The molecule has 0 saturated carbocycles. The molecule has 1 fully saturated rings. The van der Waals surface area contributed by atoms with E-state index in [4.69, 9.17) is 9.15 Å². The fraction of sp³-hybridized carbons (Fsp3) is 0.684. The summed E-state index contributed by atoms with van der Waals surface area (Å²) in [6.45, 7) is 9.91. The third kappa shape index (κ3) is 5.57. The minimum atomic E-state index is -0.607. The first-order valence-corrected chi connectivity index (χ1v) is 9.49. The Balaban J connectivity index is 1.89. The maximum absolute atomic E-state index is 12.4. The van der Waals surface area contributed by atoms with E-state index in [0.717, 1.165) is 39.1 Å². The van der Waals surface area contributed by atoms with Crippen molar-refractivity contribution in [2.24, 2.45) is 5.92 Å². The molecule has 7 nitrogen and oxygen atoms in total. The number of amides is 2. The first-order valence-electron chi connectivity index (χ1n) is 9.49. The van der Waals surface area contributed by atoms with E-state index in [0.29, 0.717) is 18.0 Å². The highest BCUT2D eigenvalue weighted by molar-refractivity contribution is 5.97. The van der Waals surface area contributed by atoms with Gasteiger partial charge in [-0.1, -0.05) is 26.7 Å². The van der Waals surface area contributed by atoms with E-state index in [1.54, 1.807) is 13.0 Å². The Morgan fingerprint density at radius 3 is 2.50 bits per heavy atom. The molecule has 2 amide bonds. The molecule has 146 valence electrons. The highest BCUT2D eigenvalue weighted by Gasteiger charge is 2.28. The summed E-state index contributed by atoms with van der Waals surface area (Å²) < 4.78 is 10.4. The van der Waals surface area contributed by atoms with Crippen LogP contribution in [0, 0.1) is 5.92 Å². The van der Waals surface area contributed by atoms with Crippen molar-refractivity contribution in [1.82, 2.24) is 15.5 Å². The van der Waals surface area contributed by atoms with Gasteiger partial charge in [0.2, 0.25) is 5.91 Å². The molecule has 2 rings (SSSR count). The average Bonchev–Trinajstić information content (AvgIpc) is 3.20. The highest BCUT2D eigenvalue weighted by atomic mass is 16.5. The summed E-state index contributed by atoms with van der Waals surface area (Å²) in [7, 11) is 0. The Morgan fingerprint density at radius 1 is 1.23 bits per heavy atom. The lowest BCUT2D eigenvalue weighted by molar-refractivity contribution is -0.123. The van der Waals surface area contributed by atoms with Crippen LogP contribution in [0.3, 0.4) is 0 Å². The number of furan rings is 1. The zero-order valence-corrected chi connectivity index (χ0v) is 16.0. The number of nitrogens with one attached hydrogen (secondary N) is 2. The Morgan fingerprint density at radius 2 is 1.92 bits per heavy atom. The van der Waals surface area contributed by atoms with E-state index in [2.05, 4.69) is 29.4 Å². The molecule has 26 heavy (non-hydrogen) atoms. The number of hydrogen-bond acceptors (Lipinski definition) is 5. The van der Waals surface area contributed by atoms with Gasteiger partial charge in [0.25, 0.3) is 5.91 Å². The van der Waals surface area contributed by atoms with Gasteiger partial charge in [0.15, 0.2) is 0 Å². The monoisotopic (exact) mass is 365 g/mol. The van der Waals surface area contributed by atoms with Gasteiger partial charge in [-0.25, -0.2) is 0 Å². The molecule has 1 aromatic heterocycles. The van der Waals surface area contributed by atoms with Crippen LogP contribution in [0.15, 0.2) is 23.0 Å². The third-order valence-electron chi connectivity index (χ3n) is 5.12. The van der Waals surface area contributed by atoms with Crippen LogP contribution >= 0.6 is 0 Å². The van der Waals surface area contributed by atoms with Crippen molar-refractivity contribution in [3.05, 3.63) is 24.2 Å². The zero-order chi connectivity index (χ0) is 18.9. The summed E-state index contributed by atoms with van der Waals surface area (Å²) in [6.07, 6.45) is 4.94. The number of hydrogen-bond donors (Lipinski definition) is 2. The van der Waals surface area contributed by atoms with Crippen molar-refractivity contribution >= 4 is 11.8 Å². The molecule has 0 radical (unpaired) electrons. The topological polar surface area (TPSA) is 83.8 Å². The summed E-state index contributed by atoms with van der Waals surface area (Å²) in [4.78, 5) is 26.9. The molecule has 0 bridgehead atoms. The summed E-state index contributed by atoms with van der Waals surface area (Å²) in [5, 5.41) is 5.72. The van der Waals surface area contributed by atoms with E-state index in [1.165, 1.54) is 12.5 Å². The van der Waals surface area contributed by atoms with Crippen molar-refractivity contribution in [1.29, 1.82) is 0 Å². The first-order chi connectivity index (χ1) is 12.6. The summed E-state index contributed by atoms with van der Waals surface area (Å²) >= 11 is 0. The van der Waals surface area contributed by atoms with E-state index < -0.39 is 6.04 Å². The van der Waals surface area contributed by atoms with Crippen LogP contribution in [0.25, 0.3) is 0 Å². The molecule has 1 saturated heterocycles.